The van der Waals surface area contributed by atoms with E-state index in [0.29, 0.717) is 36.9 Å². The maximum absolute atomic E-state index is 12.3. The molecule has 3 aromatic rings. The Hall–Kier alpha value is -2.88. The largest absolute Gasteiger partial charge is 0.467 e. The second-order valence-electron chi connectivity index (χ2n) is 6.16. The molecule has 0 aliphatic rings. The lowest BCUT2D eigenvalue weighted by Crippen LogP contribution is -2.33. The Morgan fingerprint density at radius 1 is 1.10 bits per heavy atom. The van der Waals surface area contributed by atoms with Gasteiger partial charge in [-0.1, -0.05) is 18.2 Å². The molecule has 2 heterocycles. The number of aromatic nitrogens is 1. The molecule has 0 saturated carbocycles. The fraction of sp³-hybridized carbons (Fsp3) is 0.190. The summed E-state index contributed by atoms with van der Waals surface area (Å²) in [5.41, 5.74) is 8.38. The van der Waals surface area contributed by atoms with E-state index in [1.807, 2.05) is 42.5 Å². The fourth-order valence-electron chi connectivity index (χ4n) is 2.59. The molecule has 0 aliphatic carbocycles. The molecule has 0 aliphatic heterocycles. The zero-order valence-electron chi connectivity index (χ0n) is 15.9. The Morgan fingerprint density at radius 3 is 2.76 bits per heavy atom. The van der Waals surface area contributed by atoms with Crippen LogP contribution in [0.25, 0.3) is 0 Å². The minimum Gasteiger partial charge on any atom is -0.467 e. The number of pyridine rings is 1. The predicted octanol–water partition coefficient (Wildman–Crippen LogP) is 2.87. The first-order valence-corrected chi connectivity index (χ1v) is 9.04. The number of carbonyl (C=O) groups excluding carboxylic acids is 1. The van der Waals surface area contributed by atoms with Crippen molar-refractivity contribution in [1.82, 2.24) is 15.6 Å². The second-order valence-corrected chi connectivity index (χ2v) is 6.16. The summed E-state index contributed by atoms with van der Waals surface area (Å²) in [6.45, 7) is 1.39. The molecule has 0 saturated heterocycles. The van der Waals surface area contributed by atoms with E-state index in [1.165, 1.54) is 0 Å². The number of amides is 1. The maximum atomic E-state index is 12.3. The van der Waals surface area contributed by atoms with Crippen LogP contribution in [0.5, 0.6) is 0 Å². The van der Waals surface area contributed by atoms with E-state index in [-0.39, 0.29) is 29.9 Å². The van der Waals surface area contributed by atoms with Gasteiger partial charge >= 0.3 is 0 Å². The number of halogens is 1. The van der Waals surface area contributed by atoms with Gasteiger partial charge in [0.1, 0.15) is 5.76 Å². The molecule has 0 atom stereocenters. The molecule has 2 aromatic heterocycles. The molecule has 7 nitrogen and oxygen atoms in total. The molecule has 8 heteroatoms. The smallest absolute Gasteiger partial charge is 0.251 e. The van der Waals surface area contributed by atoms with Gasteiger partial charge in [-0.05, 0) is 42.0 Å². The molecule has 0 spiro atoms. The van der Waals surface area contributed by atoms with Gasteiger partial charge in [-0.2, -0.15) is 0 Å². The standard InChI is InChI=1S/C21H23N5O2.HI/c22-21(24-11-9-18-7-1-2-10-23-18)26-14-16-5-3-6-17(13-16)20(27)25-15-19-8-4-12-28-19;/h1-8,10,12-13H,9,11,14-15H2,(H,25,27)(H3,22,24,26);1H. The van der Waals surface area contributed by atoms with Crippen LogP contribution in [-0.2, 0) is 19.5 Å². The van der Waals surface area contributed by atoms with Crippen LogP contribution in [0.15, 0.2) is 76.5 Å². The highest BCUT2D eigenvalue weighted by Gasteiger charge is 2.07. The number of benzene rings is 1. The lowest BCUT2D eigenvalue weighted by Gasteiger charge is -2.07. The van der Waals surface area contributed by atoms with E-state index >= 15 is 0 Å². The highest BCUT2D eigenvalue weighted by molar-refractivity contribution is 14.0. The molecule has 1 amide bonds. The van der Waals surface area contributed by atoms with Crippen molar-refractivity contribution in [2.24, 2.45) is 10.7 Å². The summed E-state index contributed by atoms with van der Waals surface area (Å²) >= 11 is 0. The molecule has 0 radical (unpaired) electrons. The van der Waals surface area contributed by atoms with Gasteiger partial charge in [0.25, 0.3) is 5.91 Å². The van der Waals surface area contributed by atoms with Crippen LogP contribution in [0.4, 0.5) is 0 Å². The molecule has 0 bridgehead atoms. The van der Waals surface area contributed by atoms with Crippen LogP contribution in [-0.4, -0.2) is 23.4 Å². The Morgan fingerprint density at radius 2 is 2.00 bits per heavy atom. The number of aliphatic imine (C=N–C) groups is 1. The molecular formula is C21H24IN5O2. The average Bonchev–Trinajstić information content (AvgIpc) is 3.25. The lowest BCUT2D eigenvalue weighted by atomic mass is 10.1. The van der Waals surface area contributed by atoms with E-state index in [2.05, 4.69) is 20.6 Å². The molecule has 1 aromatic carbocycles. The summed E-state index contributed by atoms with van der Waals surface area (Å²) in [5.74, 6) is 0.908. The van der Waals surface area contributed by atoms with Gasteiger partial charge in [0, 0.05) is 30.4 Å². The van der Waals surface area contributed by atoms with Crippen molar-refractivity contribution in [1.29, 1.82) is 0 Å². The number of carbonyl (C=O) groups is 1. The van der Waals surface area contributed by atoms with Gasteiger partial charge in [-0.25, -0.2) is 4.99 Å². The van der Waals surface area contributed by atoms with Crippen molar-refractivity contribution in [2.75, 3.05) is 6.54 Å². The summed E-state index contributed by atoms with van der Waals surface area (Å²) in [7, 11) is 0. The molecule has 152 valence electrons. The van der Waals surface area contributed by atoms with Crippen molar-refractivity contribution in [3.05, 3.63) is 89.6 Å². The van der Waals surface area contributed by atoms with E-state index in [9.17, 15) is 4.79 Å². The molecule has 0 fully saturated rings. The fourth-order valence-corrected chi connectivity index (χ4v) is 2.59. The molecule has 3 rings (SSSR count). The SMILES string of the molecule is I.NC(=NCc1cccc(C(=O)NCc2ccco2)c1)NCCc1ccccn1. The minimum atomic E-state index is -0.163. The number of nitrogens with two attached hydrogens (primary N) is 1. The summed E-state index contributed by atoms with van der Waals surface area (Å²) in [5, 5.41) is 5.90. The van der Waals surface area contributed by atoms with Gasteiger partial charge in [-0.3, -0.25) is 9.78 Å². The number of hydrogen-bond acceptors (Lipinski definition) is 4. The summed E-state index contributed by atoms with van der Waals surface area (Å²) in [6.07, 6.45) is 4.11. The maximum Gasteiger partial charge on any atom is 0.251 e. The zero-order valence-corrected chi connectivity index (χ0v) is 18.2. The predicted molar refractivity (Wildman–Crippen MR) is 123 cm³/mol. The summed E-state index contributed by atoms with van der Waals surface area (Å²) in [6, 6.07) is 16.7. The van der Waals surface area contributed by atoms with E-state index in [4.69, 9.17) is 10.2 Å². The van der Waals surface area contributed by atoms with Crippen LogP contribution in [0, 0.1) is 0 Å². The third kappa shape index (κ3) is 7.57. The van der Waals surface area contributed by atoms with Crippen molar-refractivity contribution in [3.8, 4) is 0 Å². The Bertz CT molecular complexity index is 914. The van der Waals surface area contributed by atoms with Gasteiger partial charge < -0.3 is 20.8 Å². The van der Waals surface area contributed by atoms with Gasteiger partial charge in [0.2, 0.25) is 0 Å². The number of nitrogens with one attached hydrogen (secondary N) is 2. The Labute approximate surface area is 186 Å². The monoisotopic (exact) mass is 505 g/mol. The van der Waals surface area contributed by atoms with Crippen molar-refractivity contribution in [2.45, 2.75) is 19.5 Å². The van der Waals surface area contributed by atoms with Crippen LogP contribution in [0.1, 0.15) is 27.4 Å². The number of nitrogens with zero attached hydrogens (tertiary/aromatic N) is 2. The van der Waals surface area contributed by atoms with Gasteiger partial charge in [0.15, 0.2) is 5.96 Å². The van der Waals surface area contributed by atoms with E-state index in [0.717, 1.165) is 17.7 Å². The Balaban J connectivity index is 0.00000300. The molecule has 29 heavy (non-hydrogen) atoms. The zero-order chi connectivity index (χ0) is 19.6. The van der Waals surface area contributed by atoms with Crippen molar-refractivity contribution < 1.29 is 9.21 Å². The third-order valence-corrected chi connectivity index (χ3v) is 4.04. The van der Waals surface area contributed by atoms with Crippen LogP contribution in [0.3, 0.4) is 0 Å². The number of furan rings is 1. The molecule has 4 N–H and O–H groups in total. The lowest BCUT2D eigenvalue weighted by molar-refractivity contribution is 0.0948. The first-order valence-electron chi connectivity index (χ1n) is 9.04. The number of hydrogen-bond donors (Lipinski definition) is 3. The number of rotatable bonds is 8. The van der Waals surface area contributed by atoms with Crippen LogP contribution in [0.2, 0.25) is 0 Å². The Kier molecular flexibility index (Phi) is 9.16. The highest BCUT2D eigenvalue weighted by Crippen LogP contribution is 2.07. The quantitative estimate of drug-likeness (QED) is 0.248. The van der Waals surface area contributed by atoms with Crippen molar-refractivity contribution >= 4 is 35.8 Å². The van der Waals surface area contributed by atoms with Gasteiger partial charge in [0.05, 0.1) is 19.4 Å². The van der Waals surface area contributed by atoms with Gasteiger partial charge in [-0.15, -0.1) is 24.0 Å². The van der Waals surface area contributed by atoms with E-state index in [1.54, 1.807) is 24.6 Å². The average molecular weight is 505 g/mol. The molecule has 0 unspecified atom stereocenters. The normalized spacial score (nSPS) is 10.8. The second kappa shape index (κ2) is 11.8. The summed E-state index contributed by atoms with van der Waals surface area (Å²) < 4.78 is 5.21. The summed E-state index contributed by atoms with van der Waals surface area (Å²) in [4.78, 5) is 20.9. The molecular weight excluding hydrogens is 481 g/mol. The third-order valence-electron chi connectivity index (χ3n) is 4.04. The topological polar surface area (TPSA) is 106 Å². The van der Waals surface area contributed by atoms with Crippen molar-refractivity contribution in [3.63, 3.8) is 0 Å². The van der Waals surface area contributed by atoms with Crippen LogP contribution < -0.4 is 16.4 Å². The van der Waals surface area contributed by atoms with Crippen LogP contribution >= 0.6 is 24.0 Å². The highest BCUT2D eigenvalue weighted by atomic mass is 127. The van der Waals surface area contributed by atoms with E-state index < -0.39 is 0 Å². The first kappa shape index (κ1) is 22.4. The first-order chi connectivity index (χ1) is 13.7. The number of guanidine groups is 1. The minimum absolute atomic E-state index is 0.